The number of ether oxygens (including phenoxy) is 1. The first kappa shape index (κ1) is 20.7. The van der Waals surface area contributed by atoms with Crippen molar-refractivity contribution in [1.29, 1.82) is 0 Å². The van der Waals surface area contributed by atoms with Gasteiger partial charge in [-0.15, -0.1) is 0 Å². The summed E-state index contributed by atoms with van der Waals surface area (Å²) in [6, 6.07) is 0. The van der Waals surface area contributed by atoms with Gasteiger partial charge in [-0.2, -0.15) is 43.9 Å². The Morgan fingerprint density at radius 3 is 1.50 bits per heavy atom. The highest BCUT2D eigenvalue weighted by Crippen LogP contribution is 2.58. The van der Waals surface area contributed by atoms with Crippen LogP contribution in [0, 0.1) is 0 Å². The van der Waals surface area contributed by atoms with Crippen molar-refractivity contribution in [2.75, 3.05) is 6.61 Å². The molecule has 0 fully saturated rings. The van der Waals surface area contributed by atoms with Crippen molar-refractivity contribution in [3.05, 3.63) is 12.8 Å². The molecule has 0 radical (unpaired) electrons. The molecule has 0 rings (SSSR count). The van der Waals surface area contributed by atoms with E-state index in [1.807, 2.05) is 0 Å². The van der Waals surface area contributed by atoms with E-state index in [1.165, 1.54) is 0 Å². The molecule has 0 unspecified atom stereocenters. The SMILES string of the molecule is C=COCC(F)(F)C(F)(F)C(F)(F)C(F)(F)C(F)(F)C(F)F. The van der Waals surface area contributed by atoms with Crippen LogP contribution < -0.4 is 0 Å². The van der Waals surface area contributed by atoms with E-state index in [0.29, 0.717) is 0 Å². The minimum Gasteiger partial charge on any atom is -0.495 e. The van der Waals surface area contributed by atoms with Gasteiger partial charge in [-0.1, -0.05) is 6.58 Å². The average molecular weight is 358 g/mol. The van der Waals surface area contributed by atoms with Crippen LogP contribution in [0.15, 0.2) is 12.8 Å². The lowest BCUT2D eigenvalue weighted by Crippen LogP contribution is -2.69. The lowest BCUT2D eigenvalue weighted by atomic mass is 9.94. The van der Waals surface area contributed by atoms with E-state index in [1.54, 1.807) is 0 Å². The molecule has 13 heteroatoms. The maximum Gasteiger partial charge on any atom is 0.384 e. The summed E-state index contributed by atoms with van der Waals surface area (Å²) in [4.78, 5) is 0. The highest BCUT2D eigenvalue weighted by Gasteiger charge is 2.87. The van der Waals surface area contributed by atoms with Crippen molar-refractivity contribution >= 4 is 0 Å². The van der Waals surface area contributed by atoms with Crippen LogP contribution in [0.1, 0.15) is 0 Å². The fourth-order valence-electron chi connectivity index (χ4n) is 1.03. The third-order valence-corrected chi connectivity index (χ3v) is 2.32. The van der Waals surface area contributed by atoms with Gasteiger partial charge < -0.3 is 4.74 Å². The number of rotatable bonds is 8. The third kappa shape index (κ3) is 2.81. The molecule has 0 bridgehead atoms. The molecule has 0 heterocycles. The summed E-state index contributed by atoms with van der Waals surface area (Å²) in [5.74, 6) is -35.2. The van der Waals surface area contributed by atoms with Gasteiger partial charge in [0.1, 0.15) is 0 Å². The molecule has 0 saturated carbocycles. The Kier molecular flexibility index (Phi) is 5.38. The van der Waals surface area contributed by atoms with Gasteiger partial charge in [0.2, 0.25) is 0 Å². The lowest BCUT2D eigenvalue weighted by Gasteiger charge is -2.38. The van der Waals surface area contributed by atoms with Crippen molar-refractivity contribution in [1.82, 2.24) is 0 Å². The Labute approximate surface area is 114 Å². The predicted molar refractivity (Wildman–Crippen MR) is 46.9 cm³/mol. The molecule has 22 heavy (non-hydrogen) atoms. The fourth-order valence-corrected chi connectivity index (χ4v) is 1.03. The summed E-state index contributed by atoms with van der Waals surface area (Å²) in [5, 5.41) is 0. The molecule has 0 atom stereocenters. The molecule has 0 amide bonds. The molecular formula is C9H6F12O. The van der Waals surface area contributed by atoms with E-state index in [4.69, 9.17) is 0 Å². The van der Waals surface area contributed by atoms with Gasteiger partial charge in [-0.3, -0.25) is 0 Å². The zero-order valence-electron chi connectivity index (χ0n) is 10.0. The monoisotopic (exact) mass is 358 g/mol. The van der Waals surface area contributed by atoms with Gasteiger partial charge in [0.15, 0.2) is 6.61 Å². The van der Waals surface area contributed by atoms with Gasteiger partial charge >= 0.3 is 36.0 Å². The largest absolute Gasteiger partial charge is 0.495 e. The normalized spacial score (nSPS) is 15.1. The zero-order valence-corrected chi connectivity index (χ0v) is 10.0. The minimum atomic E-state index is -7.52. The molecule has 0 aromatic carbocycles. The van der Waals surface area contributed by atoms with Crippen LogP contribution in [0.2, 0.25) is 0 Å². The summed E-state index contributed by atoms with van der Waals surface area (Å²) in [6.07, 6.45) is -5.46. The molecule has 0 aromatic heterocycles. The summed E-state index contributed by atoms with van der Waals surface area (Å²) in [5.41, 5.74) is 0. The topological polar surface area (TPSA) is 9.23 Å². The fraction of sp³-hybridized carbons (Fsp3) is 0.778. The molecular weight excluding hydrogens is 352 g/mol. The molecule has 0 aliphatic rings. The third-order valence-electron chi connectivity index (χ3n) is 2.32. The second-order valence-electron chi connectivity index (χ2n) is 3.83. The Morgan fingerprint density at radius 2 is 1.18 bits per heavy atom. The van der Waals surface area contributed by atoms with Gasteiger partial charge in [0.25, 0.3) is 0 Å². The Balaban J connectivity index is 5.93. The summed E-state index contributed by atoms with van der Waals surface area (Å²) < 4.78 is 154. The standard InChI is InChI=1S/C9H6F12O/c1-2-22-3-5(12,13)7(16,17)9(20,21)8(18,19)6(14,15)4(10)11/h2,4H,1,3H2. The highest BCUT2D eigenvalue weighted by atomic mass is 19.4. The van der Waals surface area contributed by atoms with Crippen LogP contribution in [0.4, 0.5) is 52.7 Å². The smallest absolute Gasteiger partial charge is 0.384 e. The summed E-state index contributed by atoms with van der Waals surface area (Å²) >= 11 is 0. The second-order valence-corrected chi connectivity index (χ2v) is 3.83. The Morgan fingerprint density at radius 1 is 0.773 bits per heavy atom. The minimum absolute atomic E-state index is 0.0496. The highest BCUT2D eigenvalue weighted by molar-refractivity contribution is 5.09. The second kappa shape index (κ2) is 5.72. The quantitative estimate of drug-likeness (QED) is 0.456. The number of hydrogen-bond donors (Lipinski definition) is 0. The molecule has 0 aliphatic carbocycles. The van der Waals surface area contributed by atoms with Crippen LogP contribution in [-0.4, -0.2) is 42.6 Å². The number of halogens is 12. The van der Waals surface area contributed by atoms with Crippen molar-refractivity contribution in [2.45, 2.75) is 36.0 Å². The molecule has 0 saturated heterocycles. The van der Waals surface area contributed by atoms with E-state index in [0.717, 1.165) is 0 Å². The van der Waals surface area contributed by atoms with Gasteiger partial charge in [0, 0.05) is 0 Å². The van der Waals surface area contributed by atoms with Crippen LogP contribution >= 0.6 is 0 Å². The molecule has 0 spiro atoms. The van der Waals surface area contributed by atoms with Crippen molar-refractivity contribution < 1.29 is 57.4 Å². The molecule has 0 N–H and O–H groups in total. The lowest BCUT2D eigenvalue weighted by molar-refractivity contribution is -0.414. The number of hydrogen-bond acceptors (Lipinski definition) is 1. The van der Waals surface area contributed by atoms with E-state index in [2.05, 4.69) is 11.3 Å². The molecule has 0 aliphatic heterocycles. The van der Waals surface area contributed by atoms with E-state index in [-0.39, 0.29) is 6.26 Å². The first-order valence-electron chi connectivity index (χ1n) is 4.90. The Hall–Kier alpha value is -1.30. The van der Waals surface area contributed by atoms with E-state index >= 15 is 0 Å². The first-order chi connectivity index (χ1) is 9.50. The molecule has 132 valence electrons. The van der Waals surface area contributed by atoms with Crippen molar-refractivity contribution in [3.8, 4) is 0 Å². The number of alkyl halides is 12. The van der Waals surface area contributed by atoms with E-state index < -0.39 is 42.6 Å². The van der Waals surface area contributed by atoms with Crippen LogP contribution in [-0.2, 0) is 4.74 Å². The van der Waals surface area contributed by atoms with Crippen molar-refractivity contribution in [3.63, 3.8) is 0 Å². The molecule has 1 nitrogen and oxygen atoms in total. The van der Waals surface area contributed by atoms with Crippen LogP contribution in [0.3, 0.4) is 0 Å². The average Bonchev–Trinajstić information content (AvgIpc) is 2.35. The molecule has 0 aromatic rings. The van der Waals surface area contributed by atoms with Gasteiger partial charge in [0.05, 0.1) is 6.26 Å². The zero-order chi connectivity index (χ0) is 18.2. The van der Waals surface area contributed by atoms with Gasteiger partial charge in [-0.05, 0) is 0 Å². The predicted octanol–water partition coefficient (Wildman–Crippen LogP) is 4.59. The van der Waals surface area contributed by atoms with Crippen LogP contribution in [0.25, 0.3) is 0 Å². The maximum absolute atomic E-state index is 12.9. The van der Waals surface area contributed by atoms with Crippen LogP contribution in [0.5, 0.6) is 0 Å². The van der Waals surface area contributed by atoms with E-state index in [9.17, 15) is 52.7 Å². The Bertz CT molecular complexity index is 401. The van der Waals surface area contributed by atoms with Crippen molar-refractivity contribution in [2.24, 2.45) is 0 Å². The maximum atomic E-state index is 12.9. The summed E-state index contributed by atoms with van der Waals surface area (Å²) in [7, 11) is 0. The first-order valence-corrected chi connectivity index (χ1v) is 4.90. The summed E-state index contributed by atoms with van der Waals surface area (Å²) in [6.45, 7) is -0.0656. The van der Waals surface area contributed by atoms with Gasteiger partial charge in [-0.25, -0.2) is 8.78 Å².